The molecule has 1 aliphatic carbocycles. The van der Waals surface area contributed by atoms with Crippen LogP contribution in [0.1, 0.15) is 43.7 Å². The maximum absolute atomic E-state index is 12.4. The van der Waals surface area contributed by atoms with Crippen LogP contribution in [0.4, 0.5) is 0 Å². The zero-order valence-corrected chi connectivity index (χ0v) is 18.5. The van der Waals surface area contributed by atoms with E-state index in [2.05, 4.69) is 31.7 Å². The van der Waals surface area contributed by atoms with Crippen molar-refractivity contribution in [2.45, 2.75) is 44.2 Å². The first-order valence-corrected chi connectivity index (χ1v) is 12.7. The van der Waals surface area contributed by atoms with Gasteiger partial charge in [0.15, 0.2) is 0 Å². The Hall–Kier alpha value is -2.23. The summed E-state index contributed by atoms with van der Waals surface area (Å²) < 4.78 is 26.7. The number of nitrogens with one attached hydrogen (secondary N) is 2. The van der Waals surface area contributed by atoms with E-state index in [1.54, 1.807) is 0 Å². The Labute approximate surface area is 183 Å². The van der Waals surface area contributed by atoms with E-state index >= 15 is 0 Å². The van der Waals surface area contributed by atoms with Crippen molar-refractivity contribution < 1.29 is 18.3 Å². The van der Waals surface area contributed by atoms with Gasteiger partial charge in [-0.25, -0.2) is 18.1 Å². The molecule has 1 saturated carbocycles. The molecule has 1 aliphatic heterocycles. The van der Waals surface area contributed by atoms with E-state index in [4.69, 9.17) is 0 Å². The van der Waals surface area contributed by atoms with Gasteiger partial charge in [0.1, 0.15) is 0 Å². The first-order valence-electron chi connectivity index (χ1n) is 10.8. The third-order valence-electron chi connectivity index (χ3n) is 6.54. The number of aromatic nitrogens is 2. The maximum Gasteiger partial charge on any atom is 0.223 e. The van der Waals surface area contributed by atoms with E-state index < -0.39 is 16.1 Å². The van der Waals surface area contributed by atoms with Crippen LogP contribution < -0.4 is 10.0 Å². The third kappa shape index (κ3) is 4.99. The van der Waals surface area contributed by atoms with Crippen LogP contribution in [-0.4, -0.2) is 54.4 Å². The number of aliphatic hydroxyl groups excluding tert-OH is 1. The Balaban J connectivity index is 1.28. The normalized spacial score (nSPS) is 23.7. The van der Waals surface area contributed by atoms with Crippen molar-refractivity contribution in [1.29, 1.82) is 0 Å². The minimum atomic E-state index is -3.24. The Morgan fingerprint density at radius 2 is 1.97 bits per heavy atom. The molecule has 31 heavy (non-hydrogen) atoms. The van der Waals surface area contributed by atoms with Gasteiger partial charge in [0.05, 0.1) is 36.6 Å². The van der Waals surface area contributed by atoms with Gasteiger partial charge in [0.25, 0.3) is 0 Å². The molecule has 3 N–H and O–H groups in total. The quantitative estimate of drug-likeness (QED) is 0.534. The highest BCUT2D eigenvalue weighted by molar-refractivity contribution is 7.88. The van der Waals surface area contributed by atoms with Crippen LogP contribution in [0.5, 0.6) is 0 Å². The van der Waals surface area contributed by atoms with Gasteiger partial charge in [-0.3, -0.25) is 4.79 Å². The van der Waals surface area contributed by atoms with Gasteiger partial charge in [-0.1, -0.05) is 24.3 Å². The average molecular weight is 447 g/mol. The van der Waals surface area contributed by atoms with Crippen LogP contribution >= 0.6 is 0 Å². The van der Waals surface area contributed by atoms with Crippen molar-refractivity contribution in [2.24, 2.45) is 11.8 Å². The summed E-state index contributed by atoms with van der Waals surface area (Å²) in [6.07, 6.45) is 8.12. The number of aliphatic hydroxyl groups is 1. The largest absolute Gasteiger partial charge is 0.393 e. The van der Waals surface area contributed by atoms with Crippen molar-refractivity contribution in [3.05, 3.63) is 42.4 Å². The van der Waals surface area contributed by atoms with Crippen molar-refractivity contribution in [3.8, 4) is 11.3 Å². The lowest BCUT2D eigenvalue weighted by atomic mass is 9.77. The second-order valence-electron chi connectivity index (χ2n) is 8.66. The van der Waals surface area contributed by atoms with Gasteiger partial charge >= 0.3 is 0 Å². The summed E-state index contributed by atoms with van der Waals surface area (Å²) in [6.45, 7) is 0.473. The summed E-state index contributed by atoms with van der Waals surface area (Å²) in [5.41, 5.74) is 3.51. The number of carbonyl (C=O) groups excluding carboxylic acids is 1. The number of sulfonamides is 1. The molecule has 0 radical (unpaired) electrons. The number of fused-ring (bicyclic) bond motifs is 3. The Morgan fingerprint density at radius 1 is 1.23 bits per heavy atom. The van der Waals surface area contributed by atoms with E-state index in [-0.39, 0.29) is 36.9 Å². The molecular formula is C22H30N4O4S. The second kappa shape index (κ2) is 9.10. The lowest BCUT2D eigenvalue weighted by Gasteiger charge is -2.32. The molecule has 1 fully saturated rings. The SMILES string of the molecule is CS(=O)(=O)NCCNC(=O)C1CCC(C(O)CC2c3ccccc3-c3cncn32)CC1. The van der Waals surface area contributed by atoms with Crippen LogP contribution in [0.2, 0.25) is 0 Å². The fourth-order valence-corrected chi connectivity index (χ4v) is 5.40. The molecule has 0 spiro atoms. The first-order chi connectivity index (χ1) is 14.8. The molecule has 4 rings (SSSR count). The molecule has 1 aromatic carbocycles. The van der Waals surface area contributed by atoms with Gasteiger partial charge in [-0.15, -0.1) is 0 Å². The van der Waals surface area contributed by atoms with E-state index in [1.807, 2.05) is 24.7 Å². The van der Waals surface area contributed by atoms with Gasteiger partial charge in [0, 0.05) is 24.6 Å². The van der Waals surface area contributed by atoms with Crippen LogP contribution in [0, 0.1) is 11.8 Å². The predicted octanol–water partition coefficient (Wildman–Crippen LogP) is 1.68. The zero-order chi connectivity index (χ0) is 22.0. The van der Waals surface area contributed by atoms with Gasteiger partial charge < -0.3 is 15.0 Å². The average Bonchev–Trinajstić information content (AvgIpc) is 3.33. The molecule has 8 nitrogen and oxygen atoms in total. The fraction of sp³-hybridized carbons (Fsp3) is 0.545. The summed E-state index contributed by atoms with van der Waals surface area (Å²) in [5.74, 6) is 0.0702. The predicted molar refractivity (Wildman–Crippen MR) is 118 cm³/mol. The summed E-state index contributed by atoms with van der Waals surface area (Å²) >= 11 is 0. The standard InChI is InChI=1S/C22H30N4O4S/c1-31(29,30)25-11-10-24-22(28)16-8-6-15(7-9-16)21(27)12-19-17-4-2-3-5-18(17)20-13-23-14-26(19)20/h2-5,13-16,19,21,25,27H,6-12H2,1H3,(H,24,28). The molecule has 2 heterocycles. The summed E-state index contributed by atoms with van der Waals surface area (Å²) in [6, 6.07) is 8.38. The van der Waals surface area contributed by atoms with E-state index in [9.17, 15) is 18.3 Å². The number of hydrogen-bond donors (Lipinski definition) is 3. The molecule has 2 atom stereocenters. The van der Waals surface area contributed by atoms with E-state index in [1.165, 1.54) is 11.1 Å². The highest BCUT2D eigenvalue weighted by Crippen LogP contribution is 2.43. The van der Waals surface area contributed by atoms with Crippen LogP contribution in [0.25, 0.3) is 11.3 Å². The first kappa shape index (κ1) is 22.0. The topological polar surface area (TPSA) is 113 Å². The number of hydrogen-bond acceptors (Lipinski definition) is 5. The molecule has 2 aromatic rings. The van der Waals surface area contributed by atoms with Gasteiger partial charge in [-0.05, 0) is 43.6 Å². The van der Waals surface area contributed by atoms with E-state index in [0.717, 1.165) is 37.6 Å². The maximum atomic E-state index is 12.4. The fourth-order valence-electron chi connectivity index (χ4n) is 4.93. The monoisotopic (exact) mass is 446 g/mol. The van der Waals surface area contributed by atoms with Gasteiger partial charge in [-0.2, -0.15) is 0 Å². The minimum Gasteiger partial charge on any atom is -0.393 e. The van der Waals surface area contributed by atoms with Crippen molar-refractivity contribution in [2.75, 3.05) is 19.3 Å². The number of rotatable bonds is 8. The molecule has 9 heteroatoms. The Morgan fingerprint density at radius 3 is 2.71 bits per heavy atom. The molecule has 2 unspecified atom stereocenters. The van der Waals surface area contributed by atoms with E-state index in [0.29, 0.717) is 6.42 Å². The minimum absolute atomic E-state index is 0.0315. The highest BCUT2D eigenvalue weighted by atomic mass is 32.2. The van der Waals surface area contributed by atoms with Gasteiger partial charge in [0.2, 0.25) is 15.9 Å². The zero-order valence-electron chi connectivity index (χ0n) is 17.7. The van der Waals surface area contributed by atoms with Crippen LogP contribution in [0.3, 0.4) is 0 Å². The number of carbonyl (C=O) groups is 1. The summed E-state index contributed by atoms with van der Waals surface area (Å²) in [5, 5.41) is 13.8. The third-order valence-corrected chi connectivity index (χ3v) is 7.27. The lowest BCUT2D eigenvalue weighted by molar-refractivity contribution is -0.126. The van der Waals surface area contributed by atoms with Crippen molar-refractivity contribution in [1.82, 2.24) is 19.6 Å². The number of amides is 1. The van der Waals surface area contributed by atoms with Crippen LogP contribution in [-0.2, 0) is 14.8 Å². The molecule has 1 aromatic heterocycles. The van der Waals surface area contributed by atoms with Crippen molar-refractivity contribution in [3.63, 3.8) is 0 Å². The van der Waals surface area contributed by atoms with Crippen LogP contribution in [0.15, 0.2) is 36.8 Å². The Kier molecular flexibility index (Phi) is 6.45. The number of imidazole rings is 1. The molecule has 1 amide bonds. The lowest BCUT2D eigenvalue weighted by Crippen LogP contribution is -2.39. The van der Waals surface area contributed by atoms with Crippen molar-refractivity contribution >= 4 is 15.9 Å². The molecular weight excluding hydrogens is 416 g/mol. The summed E-state index contributed by atoms with van der Waals surface area (Å²) in [7, 11) is -3.24. The Bertz CT molecular complexity index is 1030. The summed E-state index contributed by atoms with van der Waals surface area (Å²) in [4.78, 5) is 16.6. The molecule has 2 aliphatic rings. The second-order valence-corrected chi connectivity index (χ2v) is 10.5. The molecule has 0 saturated heterocycles. The molecule has 0 bridgehead atoms. The number of benzene rings is 1. The highest BCUT2D eigenvalue weighted by Gasteiger charge is 2.34. The smallest absolute Gasteiger partial charge is 0.223 e. The number of nitrogens with zero attached hydrogens (tertiary/aromatic N) is 2. The molecule has 168 valence electrons.